The number of aromatic nitrogens is 4. The number of nitrogen functional groups attached to an aromatic ring is 1. The number of nitrogens with one attached hydrogen (secondary N) is 2. The molecule has 296 valence electrons. The van der Waals surface area contributed by atoms with E-state index in [1.165, 1.54) is 13.8 Å². The number of rotatable bonds is 19. The van der Waals surface area contributed by atoms with E-state index in [0.717, 1.165) is 17.2 Å². The predicted molar refractivity (Wildman–Crippen MR) is 173 cm³/mol. The molecule has 0 spiro atoms. The van der Waals surface area contributed by atoms with Gasteiger partial charge in [0.2, 0.25) is 11.8 Å². The first-order valence-electron chi connectivity index (χ1n) is 15.3. The van der Waals surface area contributed by atoms with Crippen LogP contribution in [0.5, 0.6) is 0 Å². The number of nitrogens with two attached hydrogens (primary N) is 1. The number of fused-ring (bicyclic) bond motifs is 1. The number of amides is 2. The van der Waals surface area contributed by atoms with Crippen LogP contribution in [-0.4, -0.2) is 103 Å². The van der Waals surface area contributed by atoms with Crippen molar-refractivity contribution in [1.29, 1.82) is 0 Å². The summed E-state index contributed by atoms with van der Waals surface area (Å²) in [6, 6.07) is 0. The van der Waals surface area contributed by atoms with Gasteiger partial charge in [0.05, 0.1) is 27.4 Å². The third-order valence-electron chi connectivity index (χ3n) is 7.01. The van der Waals surface area contributed by atoms with Crippen LogP contribution in [0.3, 0.4) is 0 Å². The molecule has 27 heteroatoms. The van der Waals surface area contributed by atoms with Crippen molar-refractivity contribution < 1.29 is 75.7 Å². The molecule has 2 aromatic heterocycles. The Kier molecular flexibility index (Phi) is 15.0. The molecule has 0 aliphatic carbocycles. The zero-order valence-electron chi connectivity index (χ0n) is 28.5. The van der Waals surface area contributed by atoms with Crippen LogP contribution in [-0.2, 0) is 45.9 Å². The first-order chi connectivity index (χ1) is 23.8. The number of aliphatic hydroxyl groups is 2. The van der Waals surface area contributed by atoms with Gasteiger partial charge >= 0.3 is 0 Å². The molecule has 1 fully saturated rings. The van der Waals surface area contributed by atoms with Crippen molar-refractivity contribution in [2.24, 2.45) is 5.41 Å². The third kappa shape index (κ3) is 13.3. The minimum Gasteiger partial charge on any atom is -0.790 e. The quantitative estimate of drug-likeness (QED) is 0.0717. The number of aliphatic hydroxyl groups excluding tert-OH is 2. The summed E-state index contributed by atoms with van der Waals surface area (Å²) in [4.78, 5) is 83.8. The highest BCUT2D eigenvalue weighted by molar-refractivity contribution is 8.00. The summed E-state index contributed by atoms with van der Waals surface area (Å²) in [6.07, 6.45) is -7.39. The van der Waals surface area contributed by atoms with Gasteiger partial charge in [-0.1, -0.05) is 34.6 Å². The molecule has 4 unspecified atom stereocenters. The number of anilines is 1. The van der Waals surface area contributed by atoms with Crippen molar-refractivity contribution >= 4 is 64.0 Å². The normalized spacial score (nSPS) is 22.8. The first-order valence-corrected chi connectivity index (χ1v) is 20.6. The predicted octanol–water partition coefficient (Wildman–Crippen LogP) is -2.59. The van der Waals surface area contributed by atoms with E-state index in [2.05, 4.69) is 43.5 Å². The summed E-state index contributed by atoms with van der Waals surface area (Å²) < 4.78 is 60.4. The number of phosphoric ester groups is 3. The maximum atomic E-state index is 12.5. The monoisotopic (exact) mass is 819 g/mol. The van der Waals surface area contributed by atoms with Crippen molar-refractivity contribution in [1.82, 2.24) is 30.2 Å². The first kappa shape index (κ1) is 44.3. The average molecular weight is 820 g/mol. The lowest BCUT2D eigenvalue weighted by Crippen LogP contribution is -2.46. The van der Waals surface area contributed by atoms with E-state index in [1.54, 1.807) is 11.8 Å². The van der Waals surface area contributed by atoms with Crippen LogP contribution in [0.4, 0.5) is 5.82 Å². The topological polar surface area (TPSA) is 358 Å². The summed E-state index contributed by atoms with van der Waals surface area (Å²) in [7, 11) is -17.5. The molecule has 0 radical (unpaired) electrons. The van der Waals surface area contributed by atoms with E-state index in [-0.39, 0.29) is 40.6 Å². The summed E-state index contributed by atoms with van der Waals surface area (Å²) in [5.41, 5.74) is 4.12. The summed E-state index contributed by atoms with van der Waals surface area (Å²) in [6.45, 7) is 6.58. The maximum absolute atomic E-state index is 12.5. The summed E-state index contributed by atoms with van der Waals surface area (Å²) in [5, 5.41) is 26.3. The highest BCUT2D eigenvalue weighted by Gasteiger charge is 2.47. The lowest BCUT2D eigenvalue weighted by molar-refractivity contribution is -0.347. The molecule has 3 heterocycles. The van der Waals surface area contributed by atoms with E-state index in [4.69, 9.17) is 10.5 Å². The van der Waals surface area contributed by atoms with Gasteiger partial charge in [0.25, 0.3) is 15.6 Å². The summed E-state index contributed by atoms with van der Waals surface area (Å²) in [5.74, 6) is -0.709. The molecule has 52 heavy (non-hydrogen) atoms. The number of phosphoric acid groups is 3. The van der Waals surface area contributed by atoms with Gasteiger partial charge in [-0.05, 0) is 0 Å². The molecule has 0 saturated carbocycles. The SMILES string of the molecule is CC(C)(C)SCCNC(=O)CCNC(=O)C(O)C(C)(C)COP(=O)([O-])OP(=O)([O-])OC[C@H]1O[C@@H](n2cnc3c(N)ncnc32)C(O)[C@H]1OP(=O)([O-])[O-]. The van der Waals surface area contributed by atoms with Crippen LogP contribution in [0.15, 0.2) is 12.7 Å². The fourth-order valence-corrected chi connectivity index (χ4v) is 8.02. The Morgan fingerprint density at radius 3 is 2.35 bits per heavy atom. The molecule has 1 saturated heterocycles. The van der Waals surface area contributed by atoms with Crippen LogP contribution < -0.4 is 35.9 Å². The van der Waals surface area contributed by atoms with Crippen molar-refractivity contribution in [3.8, 4) is 0 Å². The van der Waals surface area contributed by atoms with Gasteiger partial charge in [-0.3, -0.25) is 23.3 Å². The molecule has 7 atom stereocenters. The van der Waals surface area contributed by atoms with Gasteiger partial charge in [0, 0.05) is 35.4 Å². The van der Waals surface area contributed by atoms with E-state index in [1.807, 2.05) is 20.8 Å². The standard InChI is InChI=1S/C25H44N7O16P3S/c1-24(2,3)52-9-8-27-15(33)6-7-28-22(36)19(35)25(4,5)11-45-51(42,43)48-50(40,41)44-10-14-18(47-49(37,38)39)17(34)23(46-14)32-13-31-16-20(26)29-12-30-21(16)32/h12-14,17-19,23,34-35H,6-11H2,1-5H3,(H,27,33)(H,28,36)(H,40,41)(H,42,43)(H2,26,29,30)(H2,37,38,39)/p-4/t14-,17?,18+,19?,23-/m1/s1. The number of hydrogen-bond donors (Lipinski definition) is 5. The maximum Gasteiger partial charge on any atom is 0.274 e. The Hall–Kier alpha value is -2.11. The van der Waals surface area contributed by atoms with Gasteiger partial charge in [-0.15, -0.1) is 0 Å². The fraction of sp³-hybridized carbons (Fsp3) is 0.720. The number of carbonyl (C=O) groups excluding carboxylic acids is 2. The number of carbonyl (C=O) groups is 2. The molecule has 2 amide bonds. The van der Waals surface area contributed by atoms with Crippen molar-refractivity contribution in [3.05, 3.63) is 12.7 Å². The lowest BCUT2D eigenvalue weighted by Gasteiger charge is -2.36. The van der Waals surface area contributed by atoms with Crippen LogP contribution in [0, 0.1) is 5.41 Å². The smallest absolute Gasteiger partial charge is 0.274 e. The Balaban J connectivity index is 1.54. The molecule has 0 aromatic carbocycles. The highest BCUT2D eigenvalue weighted by atomic mass is 32.2. The number of hydrogen-bond acceptors (Lipinski definition) is 21. The Morgan fingerprint density at radius 1 is 1.06 bits per heavy atom. The Labute approximate surface area is 301 Å². The van der Waals surface area contributed by atoms with E-state index < -0.39 is 78.6 Å². The molecule has 1 aliphatic rings. The van der Waals surface area contributed by atoms with Gasteiger partial charge < -0.3 is 69.0 Å². The lowest BCUT2D eigenvalue weighted by atomic mass is 9.87. The zero-order valence-corrected chi connectivity index (χ0v) is 32.0. The van der Waals surface area contributed by atoms with Gasteiger partial charge in [0.15, 0.2) is 17.7 Å². The molecule has 23 nitrogen and oxygen atoms in total. The minimum atomic E-state index is -5.89. The van der Waals surface area contributed by atoms with Crippen LogP contribution in [0.2, 0.25) is 0 Å². The Bertz CT molecular complexity index is 1710. The van der Waals surface area contributed by atoms with E-state index in [0.29, 0.717) is 12.3 Å². The number of imidazole rings is 1. The molecule has 6 N–H and O–H groups in total. The minimum absolute atomic E-state index is 0.0127. The van der Waals surface area contributed by atoms with Crippen molar-refractivity contribution in [2.75, 3.05) is 37.8 Å². The number of thioether (sulfide) groups is 1. The number of nitrogens with zero attached hydrogens (tertiary/aromatic N) is 4. The Morgan fingerprint density at radius 2 is 1.71 bits per heavy atom. The van der Waals surface area contributed by atoms with Crippen molar-refractivity contribution in [2.45, 2.75) is 76.4 Å². The second kappa shape index (κ2) is 17.6. The van der Waals surface area contributed by atoms with Crippen molar-refractivity contribution in [3.63, 3.8) is 0 Å². The van der Waals surface area contributed by atoms with E-state index in [9.17, 15) is 53.1 Å². The summed E-state index contributed by atoms with van der Waals surface area (Å²) >= 11 is 1.65. The van der Waals surface area contributed by atoms with Gasteiger partial charge in [-0.25, -0.2) is 19.3 Å². The molecule has 0 bridgehead atoms. The molecule has 3 rings (SSSR count). The van der Waals surface area contributed by atoms with Crippen LogP contribution in [0.25, 0.3) is 11.2 Å². The second-order valence-corrected chi connectivity index (χ2v) is 18.9. The molecule has 1 aliphatic heterocycles. The average Bonchev–Trinajstić information content (AvgIpc) is 3.56. The number of ether oxygens (including phenoxy) is 1. The van der Waals surface area contributed by atoms with Crippen LogP contribution >= 0.6 is 35.2 Å². The third-order valence-corrected chi connectivity index (χ3v) is 11.3. The van der Waals surface area contributed by atoms with E-state index >= 15 is 0 Å². The fourth-order valence-electron chi connectivity index (χ4n) is 4.46. The highest BCUT2D eigenvalue weighted by Crippen LogP contribution is 2.56. The largest absolute Gasteiger partial charge is 0.790 e. The van der Waals surface area contributed by atoms with Gasteiger partial charge in [-0.2, -0.15) is 11.8 Å². The van der Waals surface area contributed by atoms with Gasteiger partial charge in [0.1, 0.15) is 36.3 Å². The zero-order chi connectivity index (χ0) is 39.3. The molecular weight excluding hydrogens is 779 g/mol. The molecular formula is C25H40N7O16P3S-4. The molecule has 2 aromatic rings. The second-order valence-electron chi connectivity index (χ2n) is 12.9. The van der Waals surface area contributed by atoms with Crippen LogP contribution in [0.1, 0.15) is 47.3 Å².